The van der Waals surface area contributed by atoms with Crippen molar-refractivity contribution >= 4 is 22.1 Å². The SMILES string of the molecule is CCCCC/C=C/C/C=C/C/C=C/CCCCCCC(=O)OC[C@H](CO[C@H]1O[C@H](CS(=O)(=O)O)[C@@H](O)C(O)C1O)OC(=O)CC/C=C/CCCCCCCCCCCCC. The molecule has 1 saturated heterocycles. The molecule has 1 fully saturated rings. The second-order valence-electron chi connectivity index (χ2n) is 16.1. The Bertz CT molecular complexity index is 1300. The van der Waals surface area contributed by atoms with Crippen LogP contribution >= 0.6 is 0 Å². The van der Waals surface area contributed by atoms with Crippen LogP contribution in [0.25, 0.3) is 0 Å². The van der Waals surface area contributed by atoms with Gasteiger partial charge in [0.05, 0.1) is 6.61 Å². The Balaban J connectivity index is 2.48. The standard InChI is InChI=1S/C47H82O12S/c1-3-5-7-9-11-13-15-17-19-20-22-23-25-27-29-31-33-35-42(48)56-37-40(38-57-47-46(52)45(51)44(50)41(59-47)39-60(53,54)55)58-43(49)36-34-32-30-28-26-24-21-18-16-14-12-10-8-6-4-2/h11,13,17,19,22-23,30,32,40-41,44-47,50-52H,3-10,12,14-16,18,20-21,24-29,31,33-39H2,1-2H3,(H,53,54,55)/b13-11+,19-17+,23-22+,32-30+/t40-,41-,44-,45?,46?,47+/m1/s1. The summed E-state index contributed by atoms with van der Waals surface area (Å²) in [5.41, 5.74) is 0. The monoisotopic (exact) mass is 871 g/mol. The quantitative estimate of drug-likeness (QED) is 0.0200. The van der Waals surface area contributed by atoms with Crippen molar-refractivity contribution < 1.29 is 56.8 Å². The molecule has 2 unspecified atom stereocenters. The number of carbonyl (C=O) groups excluding carboxylic acids is 2. The number of allylic oxidation sites excluding steroid dienone is 8. The highest BCUT2D eigenvalue weighted by Crippen LogP contribution is 2.24. The van der Waals surface area contributed by atoms with E-state index in [1.165, 1.54) is 83.5 Å². The molecule has 13 heteroatoms. The zero-order valence-corrected chi connectivity index (χ0v) is 37.9. The lowest BCUT2D eigenvalue weighted by Gasteiger charge is -2.40. The van der Waals surface area contributed by atoms with Crippen molar-refractivity contribution in [2.45, 2.75) is 218 Å². The summed E-state index contributed by atoms with van der Waals surface area (Å²) in [5, 5.41) is 30.9. The first kappa shape index (κ1) is 55.6. The molecule has 0 saturated carbocycles. The van der Waals surface area contributed by atoms with E-state index in [2.05, 4.69) is 56.4 Å². The molecule has 0 aromatic carbocycles. The highest BCUT2D eigenvalue weighted by molar-refractivity contribution is 7.85. The summed E-state index contributed by atoms with van der Waals surface area (Å²) >= 11 is 0. The van der Waals surface area contributed by atoms with E-state index in [0.29, 0.717) is 12.8 Å². The molecule has 12 nitrogen and oxygen atoms in total. The summed E-state index contributed by atoms with van der Waals surface area (Å²) in [6, 6.07) is 0. The van der Waals surface area contributed by atoms with Gasteiger partial charge in [0.1, 0.15) is 36.8 Å². The Kier molecular flexibility index (Phi) is 34.5. The minimum Gasteiger partial charge on any atom is -0.462 e. The van der Waals surface area contributed by atoms with E-state index in [4.69, 9.17) is 18.9 Å². The molecule has 4 N–H and O–H groups in total. The average molecular weight is 871 g/mol. The van der Waals surface area contributed by atoms with Gasteiger partial charge in [0.15, 0.2) is 12.4 Å². The summed E-state index contributed by atoms with van der Waals surface area (Å²) in [6.45, 7) is 3.68. The van der Waals surface area contributed by atoms with Crippen LogP contribution in [0.4, 0.5) is 0 Å². The molecule has 1 rings (SSSR count). The van der Waals surface area contributed by atoms with Crippen molar-refractivity contribution in [3.05, 3.63) is 48.6 Å². The average Bonchev–Trinajstić information content (AvgIpc) is 3.21. The minimum absolute atomic E-state index is 0.0752. The maximum atomic E-state index is 12.8. The molecule has 348 valence electrons. The number of hydrogen-bond acceptors (Lipinski definition) is 11. The summed E-state index contributed by atoms with van der Waals surface area (Å²) in [4.78, 5) is 25.4. The van der Waals surface area contributed by atoms with Crippen LogP contribution in [-0.2, 0) is 38.7 Å². The Labute approximate surface area is 363 Å². The maximum absolute atomic E-state index is 12.8. The third-order valence-electron chi connectivity index (χ3n) is 10.4. The molecule has 0 radical (unpaired) electrons. The van der Waals surface area contributed by atoms with E-state index < -0.39 is 71.2 Å². The van der Waals surface area contributed by atoms with Crippen LogP contribution in [0, 0.1) is 0 Å². The Morgan fingerprint density at radius 2 is 1.03 bits per heavy atom. The fraction of sp³-hybridized carbons (Fsp3) is 0.787. The highest BCUT2D eigenvalue weighted by Gasteiger charge is 2.46. The van der Waals surface area contributed by atoms with Crippen molar-refractivity contribution in [3.8, 4) is 0 Å². The zero-order valence-electron chi connectivity index (χ0n) is 37.1. The van der Waals surface area contributed by atoms with E-state index in [1.54, 1.807) is 0 Å². The lowest BCUT2D eigenvalue weighted by atomic mass is 10.00. The van der Waals surface area contributed by atoms with Gasteiger partial charge in [0, 0.05) is 12.8 Å². The molecule has 0 spiro atoms. The van der Waals surface area contributed by atoms with E-state index in [1.807, 2.05) is 6.08 Å². The van der Waals surface area contributed by atoms with Gasteiger partial charge >= 0.3 is 11.9 Å². The molecule has 6 atom stereocenters. The van der Waals surface area contributed by atoms with Crippen molar-refractivity contribution in [3.63, 3.8) is 0 Å². The molecular weight excluding hydrogens is 789 g/mol. The number of rotatable bonds is 38. The topological polar surface area (TPSA) is 186 Å². The fourth-order valence-corrected chi connectivity index (χ4v) is 7.45. The normalized spacial score (nSPS) is 20.5. The predicted octanol–water partition coefficient (Wildman–Crippen LogP) is 9.56. The van der Waals surface area contributed by atoms with E-state index in [9.17, 15) is 37.9 Å². The number of ether oxygens (including phenoxy) is 4. The first-order valence-corrected chi connectivity index (χ1v) is 24.8. The number of hydrogen-bond donors (Lipinski definition) is 4. The molecule has 1 aliphatic heterocycles. The van der Waals surface area contributed by atoms with E-state index >= 15 is 0 Å². The molecule has 1 aliphatic rings. The smallest absolute Gasteiger partial charge is 0.306 e. The van der Waals surface area contributed by atoms with Gasteiger partial charge in [-0.3, -0.25) is 14.1 Å². The van der Waals surface area contributed by atoms with Crippen molar-refractivity contribution in [2.75, 3.05) is 19.0 Å². The number of aliphatic hydroxyl groups excluding tert-OH is 3. The zero-order chi connectivity index (χ0) is 44.1. The molecule has 0 aromatic rings. The predicted molar refractivity (Wildman–Crippen MR) is 238 cm³/mol. The lowest BCUT2D eigenvalue weighted by molar-refractivity contribution is -0.297. The summed E-state index contributed by atoms with van der Waals surface area (Å²) in [7, 11) is -4.61. The van der Waals surface area contributed by atoms with Crippen LogP contribution in [0.2, 0.25) is 0 Å². The van der Waals surface area contributed by atoms with Crippen LogP contribution in [0.1, 0.15) is 181 Å². The first-order chi connectivity index (χ1) is 29.0. The molecule has 1 heterocycles. The van der Waals surface area contributed by atoms with Gasteiger partial charge in [-0.15, -0.1) is 0 Å². The summed E-state index contributed by atoms with van der Waals surface area (Å²) in [6.07, 6.45) is 34.5. The molecule has 0 aromatic heterocycles. The molecule has 0 aliphatic carbocycles. The second-order valence-corrected chi connectivity index (χ2v) is 17.6. The maximum Gasteiger partial charge on any atom is 0.306 e. The molecule has 0 bridgehead atoms. The van der Waals surface area contributed by atoms with Gasteiger partial charge in [-0.1, -0.05) is 152 Å². The molecular formula is C47H82O12S. The molecule has 0 amide bonds. The van der Waals surface area contributed by atoms with Gasteiger partial charge in [-0.2, -0.15) is 8.42 Å². The van der Waals surface area contributed by atoms with Crippen molar-refractivity contribution in [2.24, 2.45) is 0 Å². The third-order valence-corrected chi connectivity index (χ3v) is 11.1. The third kappa shape index (κ3) is 31.5. The second kappa shape index (κ2) is 37.2. The van der Waals surface area contributed by atoms with E-state index in [-0.39, 0.29) is 19.4 Å². The number of esters is 2. The van der Waals surface area contributed by atoms with Crippen LogP contribution in [-0.4, -0.2) is 96.0 Å². The fourth-order valence-electron chi connectivity index (χ4n) is 6.76. The number of unbranched alkanes of at least 4 members (excludes halogenated alkanes) is 18. The van der Waals surface area contributed by atoms with Crippen LogP contribution < -0.4 is 0 Å². The highest BCUT2D eigenvalue weighted by atomic mass is 32.2. The van der Waals surface area contributed by atoms with Gasteiger partial charge in [0.25, 0.3) is 10.1 Å². The van der Waals surface area contributed by atoms with Crippen LogP contribution in [0.5, 0.6) is 0 Å². The first-order valence-electron chi connectivity index (χ1n) is 23.2. The summed E-state index contributed by atoms with van der Waals surface area (Å²) in [5.74, 6) is -2.07. The Hall–Kier alpha value is -2.39. The van der Waals surface area contributed by atoms with E-state index in [0.717, 1.165) is 57.8 Å². The molecule has 60 heavy (non-hydrogen) atoms. The Morgan fingerprint density at radius 3 is 1.60 bits per heavy atom. The Morgan fingerprint density at radius 1 is 0.567 bits per heavy atom. The van der Waals surface area contributed by atoms with Crippen molar-refractivity contribution in [1.29, 1.82) is 0 Å². The van der Waals surface area contributed by atoms with Crippen LogP contribution in [0.3, 0.4) is 0 Å². The number of aliphatic hydroxyl groups is 3. The number of carbonyl (C=O) groups is 2. The van der Waals surface area contributed by atoms with Gasteiger partial charge in [0.2, 0.25) is 0 Å². The van der Waals surface area contributed by atoms with Gasteiger partial charge in [-0.25, -0.2) is 0 Å². The van der Waals surface area contributed by atoms with Gasteiger partial charge in [-0.05, 0) is 64.2 Å². The largest absolute Gasteiger partial charge is 0.462 e. The van der Waals surface area contributed by atoms with Crippen molar-refractivity contribution in [1.82, 2.24) is 0 Å². The summed E-state index contributed by atoms with van der Waals surface area (Å²) < 4.78 is 54.0. The van der Waals surface area contributed by atoms with Gasteiger partial charge < -0.3 is 34.3 Å². The van der Waals surface area contributed by atoms with Crippen LogP contribution in [0.15, 0.2) is 48.6 Å². The lowest BCUT2D eigenvalue weighted by Crippen LogP contribution is -2.60. The minimum atomic E-state index is -4.61.